The lowest BCUT2D eigenvalue weighted by Crippen LogP contribution is -2.10. The van der Waals surface area contributed by atoms with Crippen LogP contribution in [0, 0.1) is 17.0 Å². The van der Waals surface area contributed by atoms with E-state index in [1.807, 2.05) is 6.92 Å². The van der Waals surface area contributed by atoms with Crippen molar-refractivity contribution in [2.75, 3.05) is 5.32 Å². The van der Waals surface area contributed by atoms with Gasteiger partial charge in [-0.05, 0) is 25.5 Å². The zero-order valence-corrected chi connectivity index (χ0v) is 11.4. The number of nitro groups is 1. The van der Waals surface area contributed by atoms with Gasteiger partial charge in [-0.1, -0.05) is 6.92 Å². The predicted octanol–water partition coefficient (Wildman–Crippen LogP) is 1.91. The molecule has 1 N–H and O–H groups in total. The molecule has 0 spiro atoms. The van der Waals surface area contributed by atoms with Crippen LogP contribution in [0.1, 0.15) is 24.7 Å². The summed E-state index contributed by atoms with van der Waals surface area (Å²) in [4.78, 5) is 10.7. The molecule has 8 nitrogen and oxygen atoms in total. The van der Waals surface area contributed by atoms with Crippen molar-refractivity contribution in [3.05, 3.63) is 39.8 Å². The maximum absolute atomic E-state index is 11.2. The van der Waals surface area contributed by atoms with E-state index in [0.717, 1.165) is 6.42 Å². The van der Waals surface area contributed by atoms with Crippen molar-refractivity contribution >= 4 is 11.5 Å². The Labute approximate surface area is 116 Å². The second-order valence-corrected chi connectivity index (χ2v) is 4.33. The molecule has 0 radical (unpaired) electrons. The molecule has 0 saturated heterocycles. The highest BCUT2D eigenvalue weighted by atomic mass is 16.6. The van der Waals surface area contributed by atoms with Gasteiger partial charge in [0.05, 0.1) is 17.2 Å². The Kier molecular flexibility index (Phi) is 4.24. The van der Waals surface area contributed by atoms with Crippen molar-refractivity contribution in [2.24, 2.45) is 0 Å². The predicted molar refractivity (Wildman–Crippen MR) is 73.3 cm³/mol. The van der Waals surface area contributed by atoms with E-state index < -0.39 is 4.92 Å². The molecule has 2 rings (SSSR count). The van der Waals surface area contributed by atoms with Gasteiger partial charge < -0.3 is 5.32 Å². The van der Waals surface area contributed by atoms with Crippen LogP contribution in [0.15, 0.2) is 18.3 Å². The van der Waals surface area contributed by atoms with Crippen LogP contribution in [-0.4, -0.2) is 24.9 Å². The fourth-order valence-corrected chi connectivity index (χ4v) is 1.94. The van der Waals surface area contributed by atoms with E-state index in [0.29, 0.717) is 30.3 Å². The van der Waals surface area contributed by atoms with Crippen LogP contribution >= 0.6 is 0 Å². The van der Waals surface area contributed by atoms with E-state index in [9.17, 15) is 10.1 Å². The molecule has 2 heterocycles. The van der Waals surface area contributed by atoms with Gasteiger partial charge in [0.25, 0.3) is 0 Å². The van der Waals surface area contributed by atoms with Crippen LogP contribution in [0.25, 0.3) is 0 Å². The Morgan fingerprint density at radius 3 is 2.90 bits per heavy atom. The molecule has 0 unspecified atom stereocenters. The lowest BCUT2D eigenvalue weighted by molar-refractivity contribution is -0.384. The first-order chi connectivity index (χ1) is 9.63. The van der Waals surface area contributed by atoms with Crippen molar-refractivity contribution < 1.29 is 4.92 Å². The Bertz CT molecular complexity index is 595. The van der Waals surface area contributed by atoms with E-state index in [1.54, 1.807) is 29.9 Å². The van der Waals surface area contributed by atoms with Crippen molar-refractivity contribution in [3.8, 4) is 0 Å². The van der Waals surface area contributed by atoms with Crippen molar-refractivity contribution in [2.45, 2.75) is 33.4 Å². The van der Waals surface area contributed by atoms with Crippen LogP contribution in [-0.2, 0) is 13.1 Å². The molecule has 20 heavy (non-hydrogen) atoms. The fourth-order valence-electron chi connectivity index (χ4n) is 1.94. The van der Waals surface area contributed by atoms with E-state index >= 15 is 0 Å². The second kappa shape index (κ2) is 6.09. The second-order valence-electron chi connectivity index (χ2n) is 4.33. The van der Waals surface area contributed by atoms with Gasteiger partial charge in [0, 0.05) is 12.7 Å². The highest BCUT2D eigenvalue weighted by Gasteiger charge is 2.24. The number of aromatic nitrogens is 4. The van der Waals surface area contributed by atoms with Gasteiger partial charge in [-0.15, -0.1) is 0 Å². The molecule has 8 heteroatoms. The van der Waals surface area contributed by atoms with Crippen molar-refractivity contribution in [1.29, 1.82) is 0 Å². The molecular weight excluding hydrogens is 260 g/mol. The van der Waals surface area contributed by atoms with Crippen molar-refractivity contribution in [3.63, 3.8) is 0 Å². The number of rotatable bonds is 6. The summed E-state index contributed by atoms with van der Waals surface area (Å²) in [6, 6.07) is 3.58. The van der Waals surface area contributed by atoms with Crippen LogP contribution in [0.3, 0.4) is 0 Å². The van der Waals surface area contributed by atoms with E-state index in [4.69, 9.17) is 0 Å². The Hall–Kier alpha value is -2.51. The number of hydrogen-bond acceptors (Lipinski definition) is 6. The third-order valence-corrected chi connectivity index (χ3v) is 2.78. The number of nitrogens with one attached hydrogen (secondary N) is 1. The molecule has 0 saturated carbocycles. The molecule has 0 atom stereocenters. The lowest BCUT2D eigenvalue weighted by Gasteiger charge is -2.07. The number of nitrogens with zero attached hydrogens (tertiary/aromatic N) is 5. The molecule has 0 bridgehead atoms. The quantitative estimate of drug-likeness (QED) is 0.639. The third kappa shape index (κ3) is 2.90. The largest absolute Gasteiger partial charge is 0.359 e. The van der Waals surface area contributed by atoms with Crippen molar-refractivity contribution in [1.82, 2.24) is 20.0 Å². The molecule has 0 aliphatic rings. The molecule has 0 aromatic carbocycles. The van der Waals surface area contributed by atoms with Gasteiger partial charge >= 0.3 is 5.69 Å². The molecule has 2 aromatic heterocycles. The lowest BCUT2D eigenvalue weighted by atomic mass is 10.3. The average Bonchev–Trinajstić information content (AvgIpc) is 2.74. The van der Waals surface area contributed by atoms with Gasteiger partial charge in [0.1, 0.15) is 5.69 Å². The van der Waals surface area contributed by atoms with Crippen LogP contribution in [0.4, 0.5) is 11.5 Å². The minimum absolute atomic E-state index is 0.0161. The van der Waals surface area contributed by atoms with Crippen LogP contribution in [0.2, 0.25) is 0 Å². The highest BCUT2D eigenvalue weighted by Crippen LogP contribution is 2.28. The Morgan fingerprint density at radius 1 is 1.50 bits per heavy atom. The van der Waals surface area contributed by atoms with Crippen LogP contribution < -0.4 is 5.32 Å². The van der Waals surface area contributed by atoms with E-state index in [2.05, 4.69) is 20.6 Å². The maximum atomic E-state index is 11.2. The van der Waals surface area contributed by atoms with Gasteiger partial charge in [-0.25, -0.2) is 4.68 Å². The summed E-state index contributed by atoms with van der Waals surface area (Å²) in [6.07, 6.45) is 2.43. The fraction of sp³-hybridized carbons (Fsp3) is 0.417. The molecule has 0 aliphatic heterocycles. The van der Waals surface area contributed by atoms with Gasteiger partial charge in [0.2, 0.25) is 5.82 Å². The number of anilines is 1. The molecule has 0 fully saturated rings. The zero-order chi connectivity index (χ0) is 14.5. The minimum atomic E-state index is -0.409. The average molecular weight is 276 g/mol. The third-order valence-electron chi connectivity index (χ3n) is 2.78. The monoisotopic (exact) mass is 276 g/mol. The topological polar surface area (TPSA) is 98.8 Å². The molecular formula is C12H16N6O2. The van der Waals surface area contributed by atoms with Gasteiger partial charge in [-0.2, -0.15) is 15.3 Å². The molecule has 0 amide bonds. The molecule has 106 valence electrons. The summed E-state index contributed by atoms with van der Waals surface area (Å²) in [7, 11) is 0. The Morgan fingerprint density at radius 2 is 2.30 bits per heavy atom. The first kappa shape index (κ1) is 13.9. The standard InChI is InChI=1S/C12H16N6O2/c1-3-7-17-12(11(18(19)20)9(2)16-17)13-8-10-5-4-6-14-15-10/h4-6,13H,3,7-8H2,1-2H3. The summed E-state index contributed by atoms with van der Waals surface area (Å²) >= 11 is 0. The SMILES string of the molecule is CCCn1nc(C)c([N+](=O)[O-])c1NCc1cccnn1. The maximum Gasteiger partial charge on any atom is 0.333 e. The summed E-state index contributed by atoms with van der Waals surface area (Å²) in [5, 5.41) is 26.1. The van der Waals surface area contributed by atoms with E-state index in [-0.39, 0.29) is 5.69 Å². The Balaban J connectivity index is 2.26. The smallest absolute Gasteiger partial charge is 0.333 e. The van der Waals surface area contributed by atoms with E-state index in [1.165, 1.54) is 0 Å². The number of aryl methyl sites for hydroxylation is 2. The minimum Gasteiger partial charge on any atom is -0.359 e. The molecule has 2 aromatic rings. The summed E-state index contributed by atoms with van der Waals surface area (Å²) in [5.41, 5.74) is 1.14. The highest BCUT2D eigenvalue weighted by molar-refractivity contribution is 5.59. The number of hydrogen-bond donors (Lipinski definition) is 1. The first-order valence-electron chi connectivity index (χ1n) is 6.35. The zero-order valence-electron chi connectivity index (χ0n) is 11.4. The summed E-state index contributed by atoms with van der Waals surface area (Å²) in [6.45, 7) is 4.62. The summed E-state index contributed by atoms with van der Waals surface area (Å²) in [5.74, 6) is 0.417. The van der Waals surface area contributed by atoms with Crippen LogP contribution in [0.5, 0.6) is 0 Å². The molecule has 0 aliphatic carbocycles. The normalized spacial score (nSPS) is 10.5. The summed E-state index contributed by atoms with van der Waals surface area (Å²) < 4.78 is 1.63. The first-order valence-corrected chi connectivity index (χ1v) is 6.35. The van der Waals surface area contributed by atoms with Gasteiger partial charge in [-0.3, -0.25) is 10.1 Å². The van der Waals surface area contributed by atoms with Gasteiger partial charge in [0.15, 0.2) is 0 Å².